The fourth-order valence-electron chi connectivity index (χ4n) is 2.22. The summed E-state index contributed by atoms with van der Waals surface area (Å²) in [5, 5.41) is 0. The van der Waals surface area contributed by atoms with Crippen LogP contribution < -0.4 is 10.5 Å². The molecule has 6 heteroatoms. The highest BCUT2D eigenvalue weighted by atomic mass is 19.4. The third-order valence-corrected chi connectivity index (χ3v) is 2.91. The number of hydrogen-bond acceptors (Lipinski definition) is 3. The molecule has 0 fully saturated rings. The topological polar surface area (TPSA) is 38.5 Å². The molecule has 1 atom stereocenters. The fourth-order valence-corrected chi connectivity index (χ4v) is 2.22. The summed E-state index contributed by atoms with van der Waals surface area (Å²) >= 11 is 0. The van der Waals surface area contributed by atoms with Crippen molar-refractivity contribution < 1.29 is 17.9 Å². The summed E-state index contributed by atoms with van der Waals surface area (Å²) in [5.74, 6) is 0.204. The molecular formula is C14H21F3N2O. The number of halogens is 3. The predicted molar refractivity (Wildman–Crippen MR) is 72.4 cm³/mol. The van der Waals surface area contributed by atoms with Crippen molar-refractivity contribution in [3.05, 3.63) is 29.8 Å². The molecular weight excluding hydrogens is 269 g/mol. The lowest BCUT2D eigenvalue weighted by molar-refractivity contribution is -0.275. The molecule has 1 unspecified atom stereocenters. The van der Waals surface area contributed by atoms with Crippen LogP contribution in [0.5, 0.6) is 5.75 Å². The van der Waals surface area contributed by atoms with E-state index >= 15 is 0 Å². The summed E-state index contributed by atoms with van der Waals surface area (Å²) in [6, 6.07) is 5.82. The molecule has 0 saturated carbocycles. The number of nitrogens with zero attached hydrogens (tertiary/aromatic N) is 1. The second-order valence-corrected chi connectivity index (χ2v) is 5.17. The molecule has 0 bridgehead atoms. The van der Waals surface area contributed by atoms with Crippen molar-refractivity contribution >= 4 is 0 Å². The van der Waals surface area contributed by atoms with Crippen LogP contribution in [0, 0.1) is 5.92 Å². The van der Waals surface area contributed by atoms with Crippen molar-refractivity contribution in [2.75, 3.05) is 20.1 Å². The highest BCUT2D eigenvalue weighted by molar-refractivity contribution is 5.36. The first kappa shape index (κ1) is 16.8. The maximum absolute atomic E-state index is 12.4. The van der Waals surface area contributed by atoms with Gasteiger partial charge >= 0.3 is 6.36 Å². The SMILES string of the molecule is CC(C)CN(C)C(CN)c1ccccc1OC(F)(F)F. The second-order valence-electron chi connectivity index (χ2n) is 5.17. The van der Waals surface area contributed by atoms with Gasteiger partial charge in [-0.2, -0.15) is 0 Å². The van der Waals surface area contributed by atoms with Gasteiger partial charge in [0.2, 0.25) is 0 Å². The summed E-state index contributed by atoms with van der Waals surface area (Å²) in [7, 11) is 1.85. The third kappa shape index (κ3) is 5.02. The van der Waals surface area contributed by atoms with Gasteiger partial charge in [-0.25, -0.2) is 0 Å². The van der Waals surface area contributed by atoms with Gasteiger partial charge in [0.25, 0.3) is 0 Å². The van der Waals surface area contributed by atoms with Crippen LogP contribution in [0.3, 0.4) is 0 Å². The number of likely N-dealkylation sites (N-methyl/N-ethyl adjacent to an activating group) is 1. The summed E-state index contributed by atoms with van der Waals surface area (Å²) < 4.78 is 41.4. The number of alkyl halides is 3. The van der Waals surface area contributed by atoms with E-state index in [2.05, 4.69) is 4.74 Å². The normalized spacial score (nSPS) is 13.8. The van der Waals surface area contributed by atoms with Crippen molar-refractivity contribution in [2.45, 2.75) is 26.3 Å². The third-order valence-electron chi connectivity index (χ3n) is 2.91. The molecule has 0 radical (unpaired) electrons. The molecule has 0 heterocycles. The van der Waals surface area contributed by atoms with E-state index in [-0.39, 0.29) is 18.3 Å². The van der Waals surface area contributed by atoms with Crippen molar-refractivity contribution in [1.82, 2.24) is 4.90 Å². The second kappa shape index (κ2) is 6.95. The summed E-state index contributed by atoms with van der Waals surface area (Å²) in [6.45, 7) is 5.05. The lowest BCUT2D eigenvalue weighted by Crippen LogP contribution is -2.34. The molecule has 1 aromatic rings. The molecule has 0 aliphatic heterocycles. The minimum Gasteiger partial charge on any atom is -0.405 e. The Morgan fingerprint density at radius 1 is 1.25 bits per heavy atom. The van der Waals surface area contributed by atoms with Crippen LogP contribution in [-0.2, 0) is 0 Å². The molecule has 3 nitrogen and oxygen atoms in total. The van der Waals surface area contributed by atoms with Crippen molar-refractivity contribution in [3.63, 3.8) is 0 Å². The maximum atomic E-state index is 12.4. The van der Waals surface area contributed by atoms with Crippen LogP contribution in [0.1, 0.15) is 25.5 Å². The summed E-state index contributed by atoms with van der Waals surface area (Å²) in [6.07, 6.45) is -4.70. The average Bonchev–Trinajstić information content (AvgIpc) is 2.29. The average molecular weight is 290 g/mol. The van der Waals surface area contributed by atoms with E-state index in [0.717, 1.165) is 6.54 Å². The largest absolute Gasteiger partial charge is 0.573 e. The number of benzene rings is 1. The maximum Gasteiger partial charge on any atom is 0.573 e. The van der Waals surface area contributed by atoms with Crippen LogP contribution in [0.2, 0.25) is 0 Å². The molecule has 0 saturated heterocycles. The summed E-state index contributed by atoms with van der Waals surface area (Å²) in [5.41, 5.74) is 6.19. The Labute approximate surface area is 117 Å². The quantitative estimate of drug-likeness (QED) is 0.874. The van der Waals surface area contributed by atoms with Gasteiger partial charge in [-0.1, -0.05) is 32.0 Å². The van der Waals surface area contributed by atoms with E-state index in [1.165, 1.54) is 12.1 Å². The van der Waals surface area contributed by atoms with E-state index in [0.29, 0.717) is 11.5 Å². The number of hydrogen-bond donors (Lipinski definition) is 1. The molecule has 1 rings (SSSR count). The smallest absolute Gasteiger partial charge is 0.405 e. The zero-order chi connectivity index (χ0) is 15.3. The van der Waals surface area contributed by atoms with Crippen LogP contribution in [-0.4, -0.2) is 31.4 Å². The van der Waals surface area contributed by atoms with Crippen molar-refractivity contribution in [2.24, 2.45) is 11.7 Å². The number of ether oxygens (including phenoxy) is 1. The van der Waals surface area contributed by atoms with Gasteiger partial charge in [-0.15, -0.1) is 13.2 Å². The van der Waals surface area contributed by atoms with Gasteiger partial charge in [0.15, 0.2) is 0 Å². The zero-order valence-corrected chi connectivity index (χ0v) is 11.9. The van der Waals surface area contributed by atoms with Gasteiger partial charge in [-0.05, 0) is 19.0 Å². The van der Waals surface area contributed by atoms with E-state index in [1.807, 2.05) is 25.8 Å². The van der Waals surface area contributed by atoms with E-state index in [1.54, 1.807) is 12.1 Å². The Morgan fingerprint density at radius 2 is 1.85 bits per heavy atom. The monoisotopic (exact) mass is 290 g/mol. The molecule has 2 N–H and O–H groups in total. The lowest BCUT2D eigenvalue weighted by atomic mass is 10.0. The van der Waals surface area contributed by atoms with Gasteiger partial charge in [0.1, 0.15) is 5.75 Å². The first-order chi connectivity index (χ1) is 9.24. The Morgan fingerprint density at radius 3 is 2.35 bits per heavy atom. The minimum absolute atomic E-state index is 0.189. The lowest BCUT2D eigenvalue weighted by Gasteiger charge is -2.30. The number of para-hydroxylation sites is 1. The van der Waals surface area contributed by atoms with Gasteiger partial charge < -0.3 is 10.5 Å². The zero-order valence-electron chi connectivity index (χ0n) is 11.9. The summed E-state index contributed by atoms with van der Waals surface area (Å²) in [4.78, 5) is 1.95. The molecule has 0 amide bonds. The van der Waals surface area contributed by atoms with Crippen molar-refractivity contribution in [3.8, 4) is 5.75 Å². The molecule has 0 aromatic heterocycles. The molecule has 114 valence electrons. The van der Waals surface area contributed by atoms with E-state index in [4.69, 9.17) is 5.73 Å². The van der Waals surface area contributed by atoms with Crippen LogP contribution in [0.25, 0.3) is 0 Å². The first-order valence-corrected chi connectivity index (χ1v) is 6.49. The molecule has 0 spiro atoms. The van der Waals surface area contributed by atoms with Crippen molar-refractivity contribution in [1.29, 1.82) is 0 Å². The first-order valence-electron chi connectivity index (χ1n) is 6.49. The highest BCUT2D eigenvalue weighted by Gasteiger charge is 2.33. The van der Waals surface area contributed by atoms with Gasteiger partial charge in [0, 0.05) is 18.7 Å². The van der Waals surface area contributed by atoms with Crippen LogP contribution in [0.4, 0.5) is 13.2 Å². The number of rotatable bonds is 6. The molecule has 1 aromatic carbocycles. The van der Waals surface area contributed by atoms with Crippen LogP contribution in [0.15, 0.2) is 24.3 Å². The molecule has 0 aliphatic rings. The minimum atomic E-state index is -4.70. The molecule has 0 aliphatic carbocycles. The van der Waals surface area contributed by atoms with E-state index in [9.17, 15) is 13.2 Å². The fraction of sp³-hybridized carbons (Fsp3) is 0.571. The number of nitrogens with two attached hydrogens (primary N) is 1. The predicted octanol–water partition coefficient (Wildman–Crippen LogP) is 3.17. The molecule has 20 heavy (non-hydrogen) atoms. The van der Waals surface area contributed by atoms with E-state index < -0.39 is 6.36 Å². The Kier molecular flexibility index (Phi) is 5.83. The standard InChI is InChI=1S/C14H21F3N2O/c1-10(2)9-19(3)12(8-18)11-6-4-5-7-13(11)20-14(15,16)17/h4-7,10,12H,8-9,18H2,1-3H3. The van der Waals surface area contributed by atoms with Gasteiger partial charge in [-0.3, -0.25) is 4.90 Å². The highest BCUT2D eigenvalue weighted by Crippen LogP contribution is 2.32. The Balaban J connectivity index is 3.03. The van der Waals surface area contributed by atoms with Crippen LogP contribution >= 0.6 is 0 Å². The Hall–Kier alpha value is -1.27. The Bertz CT molecular complexity index is 421. The van der Waals surface area contributed by atoms with Gasteiger partial charge in [0.05, 0.1) is 6.04 Å².